The van der Waals surface area contributed by atoms with Gasteiger partial charge in [-0.05, 0) is 41.8 Å². The third-order valence-electron chi connectivity index (χ3n) is 6.38. The molecule has 3 aromatic carbocycles. The van der Waals surface area contributed by atoms with Crippen LogP contribution >= 0.6 is 11.3 Å². The van der Waals surface area contributed by atoms with Crippen molar-refractivity contribution in [3.63, 3.8) is 0 Å². The molecule has 2 heterocycles. The molecule has 12 nitrogen and oxygen atoms in total. The van der Waals surface area contributed by atoms with Crippen molar-refractivity contribution in [1.29, 1.82) is 0 Å². The Morgan fingerprint density at radius 3 is 1.93 bits per heavy atom. The smallest absolute Gasteiger partial charge is 0.267 e. The van der Waals surface area contributed by atoms with Crippen molar-refractivity contribution in [2.24, 2.45) is 5.14 Å². The summed E-state index contributed by atoms with van der Waals surface area (Å²) in [7, 11) is -11.0. The highest BCUT2D eigenvalue weighted by molar-refractivity contribution is 7.93. The first-order valence-electron chi connectivity index (χ1n) is 13.3. The van der Waals surface area contributed by atoms with Crippen molar-refractivity contribution < 1.29 is 46.2 Å². The van der Waals surface area contributed by atoms with Crippen LogP contribution in [0.1, 0.15) is 25.5 Å². The lowest BCUT2D eigenvalue weighted by atomic mass is 9.99. The van der Waals surface area contributed by atoms with Crippen LogP contribution in [0, 0.1) is 10.8 Å². The summed E-state index contributed by atoms with van der Waals surface area (Å²) >= 11 is 0.540. The Labute approximate surface area is 268 Å². The highest BCUT2D eigenvalue weighted by Gasteiger charge is 2.25. The van der Waals surface area contributed by atoms with Gasteiger partial charge in [0.25, 0.3) is 20.0 Å². The molecule has 0 aliphatic rings. The molecule has 0 spiro atoms. The number of nitrogens with zero attached hydrogens (tertiary/aromatic N) is 3. The van der Waals surface area contributed by atoms with Crippen molar-refractivity contribution in [2.45, 2.75) is 35.4 Å². The van der Waals surface area contributed by atoms with Crippen LogP contribution in [0.25, 0.3) is 28.1 Å². The molecule has 0 bridgehead atoms. The van der Waals surface area contributed by atoms with Crippen LogP contribution < -0.4 is 28.4 Å². The van der Waals surface area contributed by atoms with Gasteiger partial charge in [0.1, 0.15) is 0 Å². The summed E-state index contributed by atoms with van der Waals surface area (Å²) in [5.74, 6) is 0. The third-order valence-corrected chi connectivity index (χ3v) is 10.0. The van der Waals surface area contributed by atoms with Crippen LogP contribution in [-0.4, -0.2) is 27.0 Å². The molecule has 2 aromatic heterocycles. The minimum atomic E-state index is -4.09. The summed E-state index contributed by atoms with van der Waals surface area (Å²) in [6, 6.07) is 31.2. The predicted octanol–water partition coefficient (Wildman–Crippen LogP) is 1.37. The Kier molecular flexibility index (Phi) is 11.4. The maximum absolute atomic E-state index is 13.0. The maximum atomic E-state index is 13.0. The highest BCUT2D eigenvalue weighted by atomic mass is 35.6. The number of rotatable bonds is 10. The van der Waals surface area contributed by atoms with E-state index in [1.165, 1.54) is 12.1 Å². The summed E-state index contributed by atoms with van der Waals surface area (Å²) < 4.78 is 78.3. The van der Waals surface area contributed by atoms with E-state index in [0.717, 1.165) is 53.0 Å². The number of hydrogen-bond donors (Lipinski definition) is 2. The SMILES string of the molecule is CCCCc1cc(-c2ccccc2)cc(-c2ccccc2)[n+]1-c1ccc(S(=O)(=O)Nc2nnc(S(N)(=O)=O)s2)cc1.[O-][Cl+2]([O-])[O-]. The molecule has 236 valence electrons. The summed E-state index contributed by atoms with van der Waals surface area (Å²) in [5, 5.41) is 11.9. The van der Waals surface area contributed by atoms with Gasteiger partial charge in [-0.2, -0.15) is 4.57 Å². The predicted molar refractivity (Wildman–Crippen MR) is 160 cm³/mol. The molecule has 0 radical (unpaired) electrons. The Balaban J connectivity index is 0.00000109. The van der Waals surface area contributed by atoms with Gasteiger partial charge >= 0.3 is 0 Å². The van der Waals surface area contributed by atoms with E-state index in [2.05, 4.69) is 62.8 Å². The lowest BCUT2D eigenvalue weighted by Gasteiger charge is -2.13. The fraction of sp³-hybridized carbons (Fsp3) is 0.138. The monoisotopic (exact) mass is 689 g/mol. The van der Waals surface area contributed by atoms with E-state index in [1.54, 1.807) is 12.1 Å². The zero-order chi connectivity index (χ0) is 32.6. The van der Waals surface area contributed by atoms with Crippen molar-refractivity contribution in [3.8, 4) is 28.1 Å². The van der Waals surface area contributed by atoms with Crippen LogP contribution in [-0.2, 0) is 26.5 Å². The quantitative estimate of drug-likeness (QED) is 0.203. The van der Waals surface area contributed by atoms with Crippen molar-refractivity contribution in [2.75, 3.05) is 4.72 Å². The minimum absolute atomic E-state index is 0.00789. The zero-order valence-electron chi connectivity index (χ0n) is 23.7. The molecule has 0 atom stereocenters. The van der Waals surface area contributed by atoms with Crippen LogP contribution in [0.15, 0.2) is 106 Å². The first kappa shape index (κ1) is 34.1. The van der Waals surface area contributed by atoms with Crippen LogP contribution in [0.5, 0.6) is 0 Å². The molecule has 45 heavy (non-hydrogen) atoms. The number of unbranched alkanes of at least 4 members (excludes halogenated alkanes) is 1. The second-order valence-corrected chi connectivity index (χ2v) is 14.3. The topological polar surface area (TPSA) is 205 Å². The number of sulfonamides is 2. The van der Waals surface area contributed by atoms with Crippen LogP contribution in [0.4, 0.5) is 5.13 Å². The van der Waals surface area contributed by atoms with Crippen molar-refractivity contribution in [1.82, 2.24) is 10.2 Å². The number of pyridine rings is 1. The fourth-order valence-corrected chi connectivity index (χ4v) is 7.00. The Bertz CT molecular complexity index is 1940. The van der Waals surface area contributed by atoms with Gasteiger partial charge in [0.15, 0.2) is 5.69 Å². The standard InChI is InChI=1S/C29H28N5O4S3.ClO3/c1-2-3-14-25-19-23(21-10-6-4-7-11-21)20-27(22-12-8-5-9-13-22)34(25)24-15-17-26(18-16-24)41(37,38)33-28-31-32-29(39-28)40(30,35)36;2-1(3)4/h4-13,15-20H,2-3,14H2,1H3,(H,31,33)(H2,30,35,36);/q+1;-1. The van der Waals surface area contributed by atoms with Gasteiger partial charge in [0.05, 0.1) is 15.7 Å². The summed E-state index contributed by atoms with van der Waals surface area (Å²) in [5.41, 5.74) is 6.14. The normalized spacial score (nSPS) is 11.6. The van der Waals surface area contributed by atoms with Gasteiger partial charge in [-0.3, -0.25) is 4.72 Å². The van der Waals surface area contributed by atoms with Gasteiger partial charge in [0.2, 0.25) is 20.9 Å². The van der Waals surface area contributed by atoms with E-state index in [1.807, 2.05) is 36.4 Å². The van der Waals surface area contributed by atoms with Crippen LogP contribution in [0.2, 0.25) is 0 Å². The first-order valence-corrected chi connectivity index (χ1v) is 18.1. The minimum Gasteiger partial charge on any atom is -0.357 e. The van der Waals surface area contributed by atoms with Gasteiger partial charge < -0.3 is 14.0 Å². The molecule has 0 amide bonds. The average Bonchev–Trinajstić information content (AvgIpc) is 3.49. The Morgan fingerprint density at radius 2 is 1.40 bits per heavy atom. The molecule has 0 saturated heterocycles. The third kappa shape index (κ3) is 9.12. The van der Waals surface area contributed by atoms with Crippen LogP contribution in [0.3, 0.4) is 0 Å². The van der Waals surface area contributed by atoms with Gasteiger partial charge in [-0.15, -0.1) is 10.2 Å². The molecule has 0 saturated carbocycles. The number of nitrogens with two attached hydrogens (primary N) is 1. The first-order chi connectivity index (χ1) is 21.4. The largest absolute Gasteiger partial charge is 0.357 e. The van der Waals surface area contributed by atoms with E-state index < -0.39 is 35.2 Å². The Morgan fingerprint density at radius 1 is 0.822 bits per heavy atom. The lowest BCUT2D eigenvalue weighted by molar-refractivity contribution is -1.73. The molecule has 0 aliphatic carbocycles. The molecule has 5 rings (SSSR count). The second-order valence-electron chi connectivity index (χ2n) is 9.50. The summed E-state index contributed by atoms with van der Waals surface area (Å²) in [6.07, 6.45) is 2.85. The summed E-state index contributed by atoms with van der Waals surface area (Å²) in [4.78, 5) is -0.00789. The lowest BCUT2D eigenvalue weighted by Crippen LogP contribution is -2.42. The molecule has 0 fully saturated rings. The molecule has 5 aromatic rings. The number of primary sulfonamides is 1. The van der Waals surface area contributed by atoms with E-state index in [9.17, 15) is 16.8 Å². The molecular weight excluding hydrogens is 662 g/mol. The molecule has 3 N–H and O–H groups in total. The van der Waals surface area contributed by atoms with Crippen molar-refractivity contribution in [3.05, 3.63) is 103 Å². The van der Waals surface area contributed by atoms with Gasteiger partial charge in [-0.1, -0.05) is 73.2 Å². The van der Waals surface area contributed by atoms with E-state index in [0.29, 0.717) is 11.3 Å². The molecule has 0 unspecified atom stereocenters. The molecule has 16 heteroatoms. The number of halogens is 1. The molecule has 0 aliphatic heterocycles. The van der Waals surface area contributed by atoms with E-state index in [4.69, 9.17) is 19.1 Å². The number of aromatic nitrogens is 3. The number of nitrogens with one attached hydrogen (secondary N) is 1. The van der Waals surface area contributed by atoms with Gasteiger partial charge in [0, 0.05) is 36.2 Å². The number of hydrogen-bond acceptors (Lipinski definition) is 10. The number of aryl methyl sites for hydroxylation is 1. The highest BCUT2D eigenvalue weighted by Crippen LogP contribution is 2.28. The maximum Gasteiger partial charge on any atom is 0.267 e. The second kappa shape index (κ2) is 15.0. The van der Waals surface area contributed by atoms with Gasteiger partial charge in [-0.25, -0.2) is 22.0 Å². The van der Waals surface area contributed by atoms with Crippen molar-refractivity contribution >= 4 is 36.5 Å². The number of anilines is 1. The number of benzene rings is 3. The van der Waals surface area contributed by atoms with E-state index >= 15 is 0 Å². The fourth-order valence-electron chi connectivity index (χ4n) is 4.43. The van der Waals surface area contributed by atoms with E-state index in [-0.39, 0.29) is 10.0 Å². The zero-order valence-corrected chi connectivity index (χ0v) is 26.9. The Hall–Kier alpha value is -3.80. The average molecular weight is 690 g/mol. The summed E-state index contributed by atoms with van der Waals surface area (Å²) in [6.45, 7) is 2.15. The molecular formula is C29H28ClN5O7S3.